The lowest BCUT2D eigenvalue weighted by Gasteiger charge is -2.21. The van der Waals surface area contributed by atoms with Gasteiger partial charge in [-0.2, -0.15) is 0 Å². The number of allylic oxidation sites excluding steroid dienone is 1. The maximum absolute atomic E-state index is 12.3. The molecule has 1 fully saturated rings. The molecular weight excluding hydrogens is 317 g/mol. The highest BCUT2D eigenvalue weighted by Crippen LogP contribution is 2.24. The summed E-state index contributed by atoms with van der Waals surface area (Å²) in [6.07, 6.45) is 3.04. The van der Waals surface area contributed by atoms with Crippen LogP contribution >= 0.6 is 0 Å². The first-order valence-corrected chi connectivity index (χ1v) is 8.98. The number of hydrogen-bond acceptors (Lipinski definition) is 4. The summed E-state index contributed by atoms with van der Waals surface area (Å²) in [5.41, 5.74) is 4.86. The highest BCUT2D eigenvalue weighted by molar-refractivity contribution is 5.43. The lowest BCUT2D eigenvalue weighted by Crippen LogP contribution is -2.38. The molecule has 4 nitrogen and oxygen atoms in total. The SMILES string of the molecule is COc1ccc(CNC2CC(NC/C(C)=C/CF)CN2C)c(C)c1C. The van der Waals surface area contributed by atoms with Gasteiger partial charge in [-0.3, -0.25) is 10.2 Å². The van der Waals surface area contributed by atoms with Crippen LogP contribution in [0.15, 0.2) is 23.8 Å². The van der Waals surface area contributed by atoms with Crippen LogP contribution in [0.4, 0.5) is 4.39 Å². The quantitative estimate of drug-likeness (QED) is 0.708. The van der Waals surface area contributed by atoms with Crippen LogP contribution in [0, 0.1) is 13.8 Å². The van der Waals surface area contributed by atoms with Crippen LogP contribution in [-0.2, 0) is 6.54 Å². The fourth-order valence-electron chi connectivity index (χ4n) is 3.39. The van der Waals surface area contributed by atoms with Crippen molar-refractivity contribution in [3.8, 4) is 5.75 Å². The van der Waals surface area contributed by atoms with Crippen molar-refractivity contribution in [1.29, 1.82) is 0 Å². The first kappa shape index (κ1) is 19.9. The Balaban J connectivity index is 1.87. The first-order valence-electron chi connectivity index (χ1n) is 8.98. The van der Waals surface area contributed by atoms with Gasteiger partial charge in [-0.15, -0.1) is 0 Å². The number of rotatable bonds is 8. The Morgan fingerprint density at radius 2 is 2.08 bits per heavy atom. The topological polar surface area (TPSA) is 36.5 Å². The molecule has 1 aromatic rings. The molecule has 0 spiro atoms. The largest absolute Gasteiger partial charge is 0.496 e. The lowest BCUT2D eigenvalue weighted by atomic mass is 10.0. The van der Waals surface area contributed by atoms with Crippen molar-refractivity contribution in [2.24, 2.45) is 0 Å². The molecule has 2 atom stereocenters. The number of alkyl halides is 1. The van der Waals surface area contributed by atoms with E-state index >= 15 is 0 Å². The molecule has 1 heterocycles. The number of likely N-dealkylation sites (N-methyl/N-ethyl adjacent to an activating group) is 1. The van der Waals surface area contributed by atoms with Crippen LogP contribution in [0.1, 0.15) is 30.0 Å². The van der Waals surface area contributed by atoms with Gasteiger partial charge in [0.05, 0.1) is 13.3 Å². The van der Waals surface area contributed by atoms with Crippen LogP contribution in [0.5, 0.6) is 5.75 Å². The average Bonchev–Trinajstić information content (AvgIpc) is 2.95. The molecule has 1 aliphatic rings. The number of nitrogens with zero attached hydrogens (tertiary/aromatic N) is 1. The molecule has 5 heteroatoms. The number of likely N-dealkylation sites (tertiary alicyclic amines) is 1. The van der Waals surface area contributed by atoms with Crippen LogP contribution in [0.25, 0.3) is 0 Å². The molecule has 0 saturated carbocycles. The van der Waals surface area contributed by atoms with E-state index in [0.29, 0.717) is 12.2 Å². The highest BCUT2D eigenvalue weighted by Gasteiger charge is 2.28. The van der Waals surface area contributed by atoms with Gasteiger partial charge in [0.1, 0.15) is 12.4 Å². The minimum Gasteiger partial charge on any atom is -0.496 e. The van der Waals surface area contributed by atoms with Gasteiger partial charge in [0.15, 0.2) is 0 Å². The van der Waals surface area contributed by atoms with E-state index in [0.717, 1.165) is 37.4 Å². The van der Waals surface area contributed by atoms with Crippen molar-refractivity contribution < 1.29 is 9.13 Å². The smallest absolute Gasteiger partial charge is 0.122 e. The minimum atomic E-state index is -0.386. The van der Waals surface area contributed by atoms with Gasteiger partial charge in [-0.25, -0.2) is 4.39 Å². The van der Waals surface area contributed by atoms with E-state index in [4.69, 9.17) is 4.74 Å². The van der Waals surface area contributed by atoms with E-state index in [1.165, 1.54) is 16.7 Å². The molecule has 0 amide bonds. The Hall–Kier alpha value is -1.43. The summed E-state index contributed by atoms with van der Waals surface area (Å²) in [4.78, 5) is 2.34. The van der Waals surface area contributed by atoms with Gasteiger partial charge in [-0.1, -0.05) is 17.7 Å². The van der Waals surface area contributed by atoms with Crippen molar-refractivity contribution in [3.05, 3.63) is 40.5 Å². The molecule has 0 radical (unpaired) electrons. The number of halogens is 1. The summed E-state index contributed by atoms with van der Waals surface area (Å²) < 4.78 is 17.7. The summed E-state index contributed by atoms with van der Waals surface area (Å²) in [7, 11) is 3.86. The molecule has 2 rings (SSSR count). The molecule has 1 aliphatic heterocycles. The Labute approximate surface area is 151 Å². The molecule has 1 saturated heterocycles. The number of hydrogen-bond donors (Lipinski definition) is 2. The van der Waals surface area contributed by atoms with E-state index in [1.807, 2.05) is 13.0 Å². The second-order valence-electron chi connectivity index (χ2n) is 7.03. The van der Waals surface area contributed by atoms with Crippen molar-refractivity contribution in [1.82, 2.24) is 15.5 Å². The highest BCUT2D eigenvalue weighted by atomic mass is 19.1. The number of benzene rings is 1. The zero-order chi connectivity index (χ0) is 18.4. The van der Waals surface area contributed by atoms with Crippen LogP contribution in [0.3, 0.4) is 0 Å². The van der Waals surface area contributed by atoms with Crippen LogP contribution < -0.4 is 15.4 Å². The molecular formula is C20H32FN3O. The third-order valence-corrected chi connectivity index (χ3v) is 5.24. The third kappa shape index (κ3) is 5.27. The van der Waals surface area contributed by atoms with Crippen molar-refractivity contribution in [2.45, 2.75) is 45.9 Å². The predicted molar refractivity (Wildman–Crippen MR) is 102 cm³/mol. The monoisotopic (exact) mass is 349 g/mol. The number of nitrogens with one attached hydrogen (secondary N) is 2. The summed E-state index contributed by atoms with van der Waals surface area (Å²) in [6, 6.07) is 4.62. The van der Waals surface area contributed by atoms with Gasteiger partial charge in [0.25, 0.3) is 0 Å². The molecule has 140 valence electrons. The molecule has 0 aliphatic carbocycles. The lowest BCUT2D eigenvalue weighted by molar-refractivity contribution is 0.262. The summed E-state index contributed by atoms with van der Waals surface area (Å²) >= 11 is 0. The van der Waals surface area contributed by atoms with Crippen LogP contribution in [0.2, 0.25) is 0 Å². The molecule has 0 aromatic heterocycles. The summed E-state index contributed by atoms with van der Waals surface area (Å²) in [6.45, 7) is 8.44. The normalized spacial score (nSPS) is 21.8. The van der Waals surface area contributed by atoms with E-state index in [-0.39, 0.29) is 6.67 Å². The number of methoxy groups -OCH3 is 1. The van der Waals surface area contributed by atoms with E-state index in [1.54, 1.807) is 13.2 Å². The molecule has 2 N–H and O–H groups in total. The van der Waals surface area contributed by atoms with E-state index in [2.05, 4.69) is 42.5 Å². The molecule has 2 unspecified atom stereocenters. The maximum Gasteiger partial charge on any atom is 0.122 e. The fraction of sp³-hybridized carbons (Fsp3) is 0.600. The zero-order valence-corrected chi connectivity index (χ0v) is 16.2. The third-order valence-electron chi connectivity index (χ3n) is 5.24. The van der Waals surface area contributed by atoms with Gasteiger partial charge < -0.3 is 10.1 Å². The van der Waals surface area contributed by atoms with Gasteiger partial charge in [0, 0.05) is 25.7 Å². The fourth-order valence-corrected chi connectivity index (χ4v) is 3.39. The second kappa shape index (κ2) is 9.32. The van der Waals surface area contributed by atoms with E-state index < -0.39 is 0 Å². The first-order chi connectivity index (χ1) is 12.0. The van der Waals surface area contributed by atoms with Gasteiger partial charge >= 0.3 is 0 Å². The Morgan fingerprint density at radius 3 is 2.76 bits per heavy atom. The molecule has 25 heavy (non-hydrogen) atoms. The predicted octanol–water partition coefficient (Wildman–Crippen LogP) is 2.94. The molecule has 0 bridgehead atoms. The van der Waals surface area contributed by atoms with Crippen LogP contribution in [-0.4, -0.2) is 51.0 Å². The second-order valence-corrected chi connectivity index (χ2v) is 7.03. The van der Waals surface area contributed by atoms with Crippen molar-refractivity contribution >= 4 is 0 Å². The van der Waals surface area contributed by atoms with Gasteiger partial charge in [-0.05, 0) is 57.0 Å². The van der Waals surface area contributed by atoms with Crippen molar-refractivity contribution in [2.75, 3.05) is 33.9 Å². The minimum absolute atomic E-state index is 0.352. The van der Waals surface area contributed by atoms with Gasteiger partial charge in [0.2, 0.25) is 0 Å². The van der Waals surface area contributed by atoms with E-state index in [9.17, 15) is 4.39 Å². The number of ether oxygens (including phenoxy) is 1. The average molecular weight is 349 g/mol. The maximum atomic E-state index is 12.3. The molecule has 1 aromatic carbocycles. The van der Waals surface area contributed by atoms with Crippen molar-refractivity contribution in [3.63, 3.8) is 0 Å². The Morgan fingerprint density at radius 1 is 1.32 bits per heavy atom. The summed E-state index contributed by atoms with van der Waals surface area (Å²) in [5, 5.41) is 7.19. The zero-order valence-electron chi connectivity index (χ0n) is 16.2. The summed E-state index contributed by atoms with van der Waals surface area (Å²) in [5.74, 6) is 0.945. The standard InChI is InChI=1S/C20H32FN3O/c1-14(8-9-21)11-22-18-10-20(24(4)13-18)23-12-17-6-7-19(25-5)16(3)15(17)2/h6-8,18,20,22-23H,9-13H2,1-5H3/b14-8+. The Kier molecular flexibility index (Phi) is 7.41. The Bertz CT molecular complexity index is 603.